The molecule has 0 aliphatic heterocycles. The van der Waals surface area contributed by atoms with Gasteiger partial charge in [0.05, 0.1) is 0 Å². The van der Waals surface area contributed by atoms with Gasteiger partial charge in [-0.3, -0.25) is 9.78 Å². The summed E-state index contributed by atoms with van der Waals surface area (Å²) in [5.41, 5.74) is 5.18. The summed E-state index contributed by atoms with van der Waals surface area (Å²) in [6.07, 6.45) is 2.97. The number of benzene rings is 3. The lowest BCUT2D eigenvalue weighted by Gasteiger charge is -2.23. The molecule has 1 N–H and O–H groups in total. The van der Waals surface area contributed by atoms with Crippen LogP contribution in [0.5, 0.6) is 0 Å². The number of ether oxygens (including phenoxy) is 1. The zero-order chi connectivity index (χ0) is 25.2. The Balaban J connectivity index is 1.50. The van der Waals surface area contributed by atoms with Crippen LogP contribution in [-0.4, -0.2) is 28.4 Å². The van der Waals surface area contributed by atoms with Crippen molar-refractivity contribution >= 4 is 12.0 Å². The molecule has 6 heteroatoms. The number of nitrogens with one attached hydrogen (secondary N) is 1. The monoisotopic (exact) mass is 479 g/mol. The number of nitrogens with zero attached hydrogens (tertiary/aromatic N) is 2. The van der Waals surface area contributed by atoms with Crippen LogP contribution in [-0.2, 0) is 24.4 Å². The molecule has 1 heterocycles. The second kappa shape index (κ2) is 12.3. The molecule has 0 saturated carbocycles. The molecule has 4 rings (SSSR count). The molecular weight excluding hydrogens is 450 g/mol. The van der Waals surface area contributed by atoms with Gasteiger partial charge in [-0.1, -0.05) is 72.8 Å². The molecule has 0 atom stereocenters. The molecule has 2 amide bonds. The Morgan fingerprint density at radius 1 is 0.806 bits per heavy atom. The number of pyridine rings is 1. The van der Waals surface area contributed by atoms with Gasteiger partial charge in [-0.05, 0) is 52.9 Å². The van der Waals surface area contributed by atoms with E-state index in [0.717, 1.165) is 27.8 Å². The van der Waals surface area contributed by atoms with E-state index >= 15 is 0 Å². The summed E-state index contributed by atoms with van der Waals surface area (Å²) in [6, 6.07) is 28.7. The van der Waals surface area contributed by atoms with E-state index in [1.807, 2.05) is 103 Å². The maximum atomic E-state index is 13.6. The number of aromatic nitrogens is 1. The summed E-state index contributed by atoms with van der Waals surface area (Å²) in [5.74, 6) is -0.0463. The third kappa shape index (κ3) is 6.36. The number of alkyl carbamates (subject to hydrolysis) is 1. The van der Waals surface area contributed by atoms with Crippen molar-refractivity contribution in [2.75, 3.05) is 6.54 Å². The fourth-order valence-electron chi connectivity index (χ4n) is 3.99. The number of hydrogen-bond acceptors (Lipinski definition) is 4. The Morgan fingerprint density at radius 3 is 2.22 bits per heavy atom. The first-order valence-corrected chi connectivity index (χ1v) is 12.0. The average molecular weight is 480 g/mol. The average Bonchev–Trinajstić information content (AvgIpc) is 2.94. The van der Waals surface area contributed by atoms with Crippen molar-refractivity contribution in [3.05, 3.63) is 126 Å². The standard InChI is InChI=1S/C30H29N3O3/c1-2-33(21-23-16-18-31-19-17-23)29(34)28-15-9-8-14-27(28)26-13-7-6-12-25(26)20-32-30(35)36-22-24-10-4-3-5-11-24/h3-19H,2,20-22H2,1H3,(H,32,35). The Kier molecular flexibility index (Phi) is 8.44. The Labute approximate surface area is 211 Å². The normalized spacial score (nSPS) is 10.5. The molecule has 0 unspecified atom stereocenters. The van der Waals surface area contributed by atoms with E-state index in [1.54, 1.807) is 12.4 Å². The van der Waals surface area contributed by atoms with Crippen molar-refractivity contribution in [1.29, 1.82) is 0 Å². The number of hydrogen-bond donors (Lipinski definition) is 1. The zero-order valence-electron chi connectivity index (χ0n) is 20.3. The molecule has 0 aliphatic carbocycles. The fraction of sp³-hybridized carbons (Fsp3) is 0.167. The van der Waals surface area contributed by atoms with Crippen molar-refractivity contribution < 1.29 is 14.3 Å². The number of carbonyl (C=O) groups excluding carboxylic acids is 2. The molecule has 182 valence electrons. The lowest BCUT2D eigenvalue weighted by atomic mass is 9.94. The first-order chi connectivity index (χ1) is 17.7. The van der Waals surface area contributed by atoms with Crippen LogP contribution in [0.2, 0.25) is 0 Å². The maximum Gasteiger partial charge on any atom is 0.407 e. The van der Waals surface area contributed by atoms with Crippen LogP contribution < -0.4 is 5.32 Å². The van der Waals surface area contributed by atoms with Gasteiger partial charge in [0.25, 0.3) is 5.91 Å². The van der Waals surface area contributed by atoms with Gasteiger partial charge < -0.3 is 15.0 Å². The Hall–Kier alpha value is -4.45. The molecule has 0 bridgehead atoms. The van der Waals surface area contributed by atoms with Crippen LogP contribution in [0.4, 0.5) is 4.79 Å². The van der Waals surface area contributed by atoms with Crippen molar-refractivity contribution in [3.8, 4) is 11.1 Å². The highest BCUT2D eigenvalue weighted by atomic mass is 16.5. The van der Waals surface area contributed by atoms with Gasteiger partial charge in [-0.15, -0.1) is 0 Å². The first kappa shape index (κ1) is 24.7. The van der Waals surface area contributed by atoms with Crippen LogP contribution in [0.1, 0.15) is 34.0 Å². The number of rotatable bonds is 9. The predicted molar refractivity (Wildman–Crippen MR) is 140 cm³/mol. The third-order valence-corrected chi connectivity index (χ3v) is 5.89. The summed E-state index contributed by atoms with van der Waals surface area (Å²) in [5, 5.41) is 2.83. The summed E-state index contributed by atoms with van der Waals surface area (Å²) in [7, 11) is 0. The molecule has 0 aliphatic rings. The second-order valence-corrected chi connectivity index (χ2v) is 8.29. The van der Waals surface area contributed by atoms with E-state index in [-0.39, 0.29) is 19.1 Å². The molecule has 36 heavy (non-hydrogen) atoms. The number of amides is 2. The molecule has 0 saturated heterocycles. The van der Waals surface area contributed by atoms with Crippen LogP contribution in [0.3, 0.4) is 0 Å². The molecule has 4 aromatic rings. The molecule has 6 nitrogen and oxygen atoms in total. The first-order valence-electron chi connectivity index (χ1n) is 12.0. The largest absolute Gasteiger partial charge is 0.445 e. The Morgan fingerprint density at radius 2 is 1.47 bits per heavy atom. The smallest absolute Gasteiger partial charge is 0.407 e. The van der Waals surface area contributed by atoms with E-state index in [1.165, 1.54) is 0 Å². The molecular formula is C30H29N3O3. The molecule has 0 fully saturated rings. The van der Waals surface area contributed by atoms with Crippen molar-refractivity contribution in [1.82, 2.24) is 15.2 Å². The fourth-order valence-corrected chi connectivity index (χ4v) is 3.99. The molecule has 1 aromatic heterocycles. The van der Waals surface area contributed by atoms with Crippen LogP contribution in [0.15, 0.2) is 103 Å². The van der Waals surface area contributed by atoms with Gasteiger partial charge in [-0.25, -0.2) is 4.79 Å². The highest BCUT2D eigenvalue weighted by molar-refractivity contribution is 6.01. The van der Waals surface area contributed by atoms with Crippen molar-refractivity contribution in [3.63, 3.8) is 0 Å². The van der Waals surface area contributed by atoms with Gasteiger partial charge in [-0.2, -0.15) is 0 Å². The zero-order valence-corrected chi connectivity index (χ0v) is 20.3. The van der Waals surface area contributed by atoms with E-state index in [4.69, 9.17) is 4.74 Å². The quantitative estimate of drug-likeness (QED) is 0.328. The van der Waals surface area contributed by atoms with E-state index in [2.05, 4.69) is 10.3 Å². The van der Waals surface area contributed by atoms with E-state index < -0.39 is 6.09 Å². The van der Waals surface area contributed by atoms with Gasteiger partial charge in [0.15, 0.2) is 0 Å². The van der Waals surface area contributed by atoms with Crippen LogP contribution >= 0.6 is 0 Å². The van der Waals surface area contributed by atoms with Gasteiger partial charge in [0.1, 0.15) is 6.61 Å². The molecule has 3 aromatic carbocycles. The Bertz CT molecular complexity index is 1290. The van der Waals surface area contributed by atoms with Gasteiger partial charge in [0.2, 0.25) is 0 Å². The van der Waals surface area contributed by atoms with Crippen LogP contribution in [0.25, 0.3) is 11.1 Å². The predicted octanol–water partition coefficient (Wildman–Crippen LogP) is 5.84. The van der Waals surface area contributed by atoms with Gasteiger partial charge in [0, 0.05) is 37.6 Å². The van der Waals surface area contributed by atoms with Crippen LogP contribution in [0, 0.1) is 0 Å². The van der Waals surface area contributed by atoms with E-state index in [9.17, 15) is 9.59 Å². The topological polar surface area (TPSA) is 71.5 Å². The minimum absolute atomic E-state index is 0.0463. The van der Waals surface area contributed by atoms with Crippen molar-refractivity contribution in [2.45, 2.75) is 26.6 Å². The van der Waals surface area contributed by atoms with E-state index in [0.29, 0.717) is 18.7 Å². The van der Waals surface area contributed by atoms with Crippen molar-refractivity contribution in [2.24, 2.45) is 0 Å². The second-order valence-electron chi connectivity index (χ2n) is 8.29. The minimum atomic E-state index is -0.493. The summed E-state index contributed by atoms with van der Waals surface area (Å²) >= 11 is 0. The minimum Gasteiger partial charge on any atom is -0.445 e. The third-order valence-electron chi connectivity index (χ3n) is 5.89. The summed E-state index contributed by atoms with van der Waals surface area (Å²) < 4.78 is 5.34. The lowest BCUT2D eigenvalue weighted by Crippen LogP contribution is -2.30. The van der Waals surface area contributed by atoms with Gasteiger partial charge >= 0.3 is 6.09 Å². The highest BCUT2D eigenvalue weighted by Gasteiger charge is 2.20. The SMILES string of the molecule is CCN(Cc1ccncc1)C(=O)c1ccccc1-c1ccccc1CNC(=O)OCc1ccccc1. The lowest BCUT2D eigenvalue weighted by molar-refractivity contribution is 0.0753. The summed E-state index contributed by atoms with van der Waals surface area (Å²) in [6.45, 7) is 3.53. The maximum absolute atomic E-state index is 13.6. The molecule has 0 radical (unpaired) electrons. The number of carbonyl (C=O) groups is 2. The molecule has 0 spiro atoms. The summed E-state index contributed by atoms with van der Waals surface area (Å²) in [4.78, 5) is 31.8. The highest BCUT2D eigenvalue weighted by Crippen LogP contribution is 2.28.